The zero-order valence-corrected chi connectivity index (χ0v) is 13.5. The minimum atomic E-state index is -4.29. The summed E-state index contributed by atoms with van der Waals surface area (Å²) in [6, 6.07) is 2.37. The molecule has 2 heterocycles. The van der Waals surface area contributed by atoms with Crippen LogP contribution in [0, 0.1) is 0 Å². The summed E-state index contributed by atoms with van der Waals surface area (Å²) in [7, 11) is 0. The molecule has 0 aliphatic carbocycles. The van der Waals surface area contributed by atoms with E-state index in [1.165, 1.54) is 6.07 Å². The van der Waals surface area contributed by atoms with Crippen LogP contribution in [0.1, 0.15) is 23.2 Å². The summed E-state index contributed by atoms with van der Waals surface area (Å²) < 4.78 is 59.4. The summed E-state index contributed by atoms with van der Waals surface area (Å²) in [6.45, 7) is -1.37. The minimum absolute atomic E-state index is 0.113. The first kappa shape index (κ1) is 19.9. The highest BCUT2D eigenvalue weighted by atomic mass is 19.3. The number of nitrogens with zero attached hydrogens (tertiary/aromatic N) is 1. The lowest BCUT2D eigenvalue weighted by molar-refractivity contribution is -0.148. The third-order valence-corrected chi connectivity index (χ3v) is 3.65. The Morgan fingerprint density at radius 1 is 1.38 bits per heavy atom. The molecule has 1 aliphatic rings. The second-order valence-electron chi connectivity index (χ2n) is 5.67. The van der Waals surface area contributed by atoms with Crippen molar-refractivity contribution in [3.8, 4) is 5.88 Å². The number of aromatic nitrogens is 1. The van der Waals surface area contributed by atoms with Crippen LogP contribution < -0.4 is 15.8 Å². The number of halogens is 4. The highest BCUT2D eigenvalue weighted by Crippen LogP contribution is 2.23. The lowest BCUT2D eigenvalue weighted by atomic mass is 10.2. The Labute approximate surface area is 145 Å². The van der Waals surface area contributed by atoms with Gasteiger partial charge in [-0.3, -0.25) is 9.59 Å². The van der Waals surface area contributed by atoms with Crippen molar-refractivity contribution in [2.24, 2.45) is 5.73 Å². The number of nitrogens with one attached hydrogen (secondary N) is 1. The number of carbonyl (C=O) groups is 2. The molecule has 0 unspecified atom stereocenters. The molecule has 3 N–H and O–H groups in total. The summed E-state index contributed by atoms with van der Waals surface area (Å²) in [4.78, 5) is 26.6. The van der Waals surface area contributed by atoms with Crippen LogP contribution in [0.2, 0.25) is 0 Å². The van der Waals surface area contributed by atoms with E-state index in [2.05, 4.69) is 15.0 Å². The lowest BCUT2D eigenvalue weighted by Gasteiger charge is -2.15. The van der Waals surface area contributed by atoms with Crippen LogP contribution in [-0.4, -0.2) is 54.5 Å². The first-order valence-corrected chi connectivity index (χ1v) is 7.67. The summed E-state index contributed by atoms with van der Waals surface area (Å²) in [6.07, 6.45) is -2.75. The molecule has 1 aromatic heterocycles. The number of nitrogens with two attached hydrogens (primary N) is 1. The van der Waals surface area contributed by atoms with Gasteiger partial charge < -0.3 is 20.5 Å². The molecule has 2 rings (SSSR count). The zero-order valence-electron chi connectivity index (χ0n) is 13.5. The van der Waals surface area contributed by atoms with E-state index in [-0.39, 0.29) is 24.1 Å². The van der Waals surface area contributed by atoms with Gasteiger partial charge in [-0.05, 0) is 18.9 Å². The highest BCUT2D eigenvalue weighted by Gasteiger charge is 2.41. The monoisotopic (exact) mass is 379 g/mol. The van der Waals surface area contributed by atoms with Crippen LogP contribution >= 0.6 is 0 Å². The topological polar surface area (TPSA) is 104 Å². The maximum atomic E-state index is 12.8. The number of carbonyl (C=O) groups excluding carboxylic acids is 2. The molecule has 7 nitrogen and oxygen atoms in total. The standard InChI is InChI=1S/C15H17F4N3O4/c16-14(17)15(18,19)7-25-11-4-1-8(5-21-11)13(24)22-6-9-2-3-10(26-9)12(20)23/h1,4-5,9-10,14H,2-3,6-7H2,(H2,20,23)(H,22,24)/t9-,10-/m1/s1. The molecule has 1 saturated heterocycles. The molecular weight excluding hydrogens is 362 g/mol. The van der Waals surface area contributed by atoms with Crippen molar-refractivity contribution in [2.75, 3.05) is 13.2 Å². The average molecular weight is 379 g/mol. The Balaban J connectivity index is 1.80. The highest BCUT2D eigenvalue weighted by molar-refractivity contribution is 5.93. The van der Waals surface area contributed by atoms with Gasteiger partial charge in [-0.2, -0.15) is 8.78 Å². The second kappa shape index (κ2) is 8.30. The Bertz CT molecular complexity index is 642. The third-order valence-electron chi connectivity index (χ3n) is 3.65. The van der Waals surface area contributed by atoms with Gasteiger partial charge in [0, 0.05) is 18.8 Å². The van der Waals surface area contributed by atoms with Crippen LogP contribution in [0.15, 0.2) is 18.3 Å². The van der Waals surface area contributed by atoms with Gasteiger partial charge in [-0.15, -0.1) is 0 Å². The van der Waals surface area contributed by atoms with E-state index >= 15 is 0 Å². The number of pyridine rings is 1. The molecule has 2 atom stereocenters. The quantitative estimate of drug-likeness (QED) is 0.659. The summed E-state index contributed by atoms with van der Waals surface area (Å²) in [5.41, 5.74) is 5.24. The van der Waals surface area contributed by atoms with Crippen LogP contribution in [0.3, 0.4) is 0 Å². The number of primary amides is 1. The van der Waals surface area contributed by atoms with Crippen molar-refractivity contribution in [1.82, 2.24) is 10.3 Å². The Kier molecular flexibility index (Phi) is 6.35. The number of ether oxygens (including phenoxy) is 2. The minimum Gasteiger partial charge on any atom is -0.471 e. The summed E-state index contributed by atoms with van der Waals surface area (Å²) in [5.74, 6) is -5.67. The largest absolute Gasteiger partial charge is 0.471 e. The smallest absolute Gasteiger partial charge is 0.340 e. The van der Waals surface area contributed by atoms with Crippen molar-refractivity contribution in [2.45, 2.75) is 37.4 Å². The van der Waals surface area contributed by atoms with Gasteiger partial charge in [0.05, 0.1) is 11.7 Å². The molecule has 2 amide bonds. The van der Waals surface area contributed by atoms with E-state index in [4.69, 9.17) is 10.5 Å². The van der Waals surface area contributed by atoms with Crippen molar-refractivity contribution in [3.63, 3.8) is 0 Å². The van der Waals surface area contributed by atoms with Gasteiger partial charge in [0.2, 0.25) is 11.8 Å². The van der Waals surface area contributed by atoms with E-state index in [1.807, 2.05) is 0 Å². The SMILES string of the molecule is NC(=O)[C@H]1CC[C@H](CNC(=O)c2ccc(OCC(F)(F)C(F)F)nc2)O1. The molecule has 11 heteroatoms. The molecule has 0 radical (unpaired) electrons. The number of amides is 2. The number of rotatable bonds is 8. The van der Waals surface area contributed by atoms with E-state index in [0.29, 0.717) is 12.8 Å². The molecular formula is C15H17F4N3O4. The fraction of sp³-hybridized carbons (Fsp3) is 0.533. The van der Waals surface area contributed by atoms with Crippen molar-refractivity contribution < 1.29 is 36.6 Å². The Morgan fingerprint density at radius 3 is 2.65 bits per heavy atom. The van der Waals surface area contributed by atoms with Gasteiger partial charge in [0.15, 0.2) is 6.61 Å². The first-order valence-electron chi connectivity index (χ1n) is 7.67. The van der Waals surface area contributed by atoms with Crippen LogP contribution in [0.4, 0.5) is 17.6 Å². The van der Waals surface area contributed by atoms with E-state index in [1.54, 1.807) is 0 Å². The molecule has 1 fully saturated rings. The molecule has 1 aromatic rings. The number of hydrogen-bond donors (Lipinski definition) is 2. The third kappa shape index (κ3) is 5.28. The first-order chi connectivity index (χ1) is 12.2. The second-order valence-corrected chi connectivity index (χ2v) is 5.67. The number of alkyl halides is 4. The lowest BCUT2D eigenvalue weighted by Crippen LogP contribution is -2.34. The molecule has 26 heavy (non-hydrogen) atoms. The normalized spacial score (nSPS) is 20.2. The van der Waals surface area contributed by atoms with Crippen molar-refractivity contribution in [1.29, 1.82) is 0 Å². The van der Waals surface area contributed by atoms with Crippen LogP contribution in [-0.2, 0) is 9.53 Å². The average Bonchev–Trinajstić information content (AvgIpc) is 3.07. The maximum absolute atomic E-state index is 12.8. The van der Waals surface area contributed by atoms with Crippen molar-refractivity contribution in [3.05, 3.63) is 23.9 Å². The van der Waals surface area contributed by atoms with Gasteiger partial charge in [-0.1, -0.05) is 0 Å². The van der Waals surface area contributed by atoms with E-state index in [9.17, 15) is 27.2 Å². The van der Waals surface area contributed by atoms with Crippen LogP contribution in [0.25, 0.3) is 0 Å². The molecule has 1 aliphatic heterocycles. The molecule has 0 bridgehead atoms. The van der Waals surface area contributed by atoms with Gasteiger partial charge in [0.1, 0.15) is 6.10 Å². The Morgan fingerprint density at radius 2 is 2.12 bits per heavy atom. The van der Waals surface area contributed by atoms with Crippen LogP contribution in [0.5, 0.6) is 5.88 Å². The Hall–Kier alpha value is -2.43. The molecule has 0 aromatic carbocycles. The fourth-order valence-corrected chi connectivity index (χ4v) is 2.21. The van der Waals surface area contributed by atoms with Gasteiger partial charge >= 0.3 is 12.3 Å². The summed E-state index contributed by atoms with van der Waals surface area (Å²) in [5, 5.41) is 2.57. The van der Waals surface area contributed by atoms with E-state index in [0.717, 1.165) is 12.3 Å². The van der Waals surface area contributed by atoms with E-state index < -0.39 is 36.9 Å². The molecule has 0 saturated carbocycles. The molecule has 144 valence electrons. The predicted molar refractivity (Wildman–Crippen MR) is 80.1 cm³/mol. The zero-order chi connectivity index (χ0) is 19.3. The molecule has 0 spiro atoms. The van der Waals surface area contributed by atoms with Crippen molar-refractivity contribution >= 4 is 11.8 Å². The fourth-order valence-electron chi connectivity index (χ4n) is 2.21. The predicted octanol–water partition coefficient (Wildman–Crippen LogP) is 1.12. The van der Waals surface area contributed by atoms with Gasteiger partial charge in [-0.25, -0.2) is 13.8 Å². The number of hydrogen-bond acceptors (Lipinski definition) is 5. The van der Waals surface area contributed by atoms with Gasteiger partial charge in [0.25, 0.3) is 5.91 Å². The maximum Gasteiger partial charge on any atom is 0.340 e. The summed E-state index contributed by atoms with van der Waals surface area (Å²) >= 11 is 0.